The Morgan fingerprint density at radius 3 is 2.33 bits per heavy atom. The van der Waals surface area contributed by atoms with Gasteiger partial charge in [0.15, 0.2) is 0 Å². The smallest absolute Gasteiger partial charge is 0.407 e. The van der Waals surface area contributed by atoms with Crippen molar-refractivity contribution in [3.05, 3.63) is 70.8 Å². The number of rotatable bonds is 4. The molecule has 0 bridgehead atoms. The summed E-state index contributed by atoms with van der Waals surface area (Å²) < 4.78 is 5.41. The van der Waals surface area contributed by atoms with Gasteiger partial charge in [-0.05, 0) is 85.6 Å². The molecule has 2 aliphatic rings. The van der Waals surface area contributed by atoms with Crippen molar-refractivity contribution in [3.63, 3.8) is 0 Å². The Labute approximate surface area is 230 Å². The molecule has 0 spiro atoms. The zero-order valence-corrected chi connectivity index (χ0v) is 23.6. The number of carbonyl (C=O) groups excluding carboxylic acids is 2. The Bertz CT molecular complexity index is 1280. The molecule has 2 unspecified atom stereocenters. The van der Waals surface area contributed by atoms with E-state index >= 15 is 0 Å². The van der Waals surface area contributed by atoms with Gasteiger partial charge in [-0.25, -0.2) is 9.59 Å². The second-order valence-electron chi connectivity index (χ2n) is 12.3. The Balaban J connectivity index is 1.54. The molecule has 2 heterocycles. The minimum Gasteiger partial charge on any atom is -0.465 e. The quantitative estimate of drug-likeness (QED) is 0.439. The first-order valence-electron chi connectivity index (χ1n) is 13.4. The lowest BCUT2D eigenvalue weighted by Crippen LogP contribution is -2.49. The first-order valence-corrected chi connectivity index (χ1v) is 13.4. The largest absolute Gasteiger partial charge is 0.465 e. The SMILES string of the molecule is CC(C)(C)OC(=O)c1ccc(NC(=O)C2NCCc3c(C4=CCN(C(=O)O)C(C(C)(C)C)C4)cccc32)cc1. The van der Waals surface area contributed by atoms with Gasteiger partial charge in [0, 0.05) is 24.8 Å². The summed E-state index contributed by atoms with van der Waals surface area (Å²) in [6, 6.07) is 12.0. The lowest BCUT2D eigenvalue weighted by molar-refractivity contribution is -0.118. The minimum absolute atomic E-state index is 0.143. The summed E-state index contributed by atoms with van der Waals surface area (Å²) in [5, 5.41) is 16.1. The first kappa shape index (κ1) is 28.4. The van der Waals surface area contributed by atoms with E-state index < -0.39 is 23.7 Å². The molecule has 4 rings (SSSR count). The predicted octanol–water partition coefficient (Wildman–Crippen LogP) is 5.65. The molecule has 2 amide bonds. The van der Waals surface area contributed by atoms with E-state index in [4.69, 9.17) is 4.74 Å². The number of carbonyl (C=O) groups is 3. The molecule has 2 aromatic carbocycles. The van der Waals surface area contributed by atoms with E-state index in [0.29, 0.717) is 30.8 Å². The standard InChI is InChI=1S/C31H39N3O5/c1-30(2,3)25-18-20(15-17-34(25)29(37)38)22-8-7-9-24-23(22)14-16-32-26(24)27(35)33-21-12-10-19(11-13-21)28(36)39-31(4,5)6/h7-13,15,25-26,32H,14,16-18H2,1-6H3,(H,33,35)(H,37,38). The minimum atomic E-state index is -0.902. The monoisotopic (exact) mass is 533 g/mol. The molecule has 2 aliphatic heterocycles. The Hall–Kier alpha value is -3.65. The Morgan fingerprint density at radius 2 is 1.72 bits per heavy atom. The van der Waals surface area contributed by atoms with Gasteiger partial charge in [0.2, 0.25) is 5.91 Å². The van der Waals surface area contributed by atoms with Crippen molar-refractivity contribution in [2.45, 2.75) is 72.1 Å². The maximum absolute atomic E-state index is 13.4. The van der Waals surface area contributed by atoms with Crippen LogP contribution in [0.15, 0.2) is 48.5 Å². The van der Waals surface area contributed by atoms with Crippen LogP contribution in [0.5, 0.6) is 0 Å². The number of amides is 2. The van der Waals surface area contributed by atoms with E-state index in [-0.39, 0.29) is 17.4 Å². The van der Waals surface area contributed by atoms with Crippen LogP contribution >= 0.6 is 0 Å². The molecule has 2 atom stereocenters. The average molecular weight is 534 g/mol. The van der Waals surface area contributed by atoms with Crippen molar-refractivity contribution < 1.29 is 24.2 Å². The predicted molar refractivity (Wildman–Crippen MR) is 152 cm³/mol. The molecule has 0 saturated carbocycles. The fraction of sp³-hybridized carbons (Fsp3) is 0.452. The van der Waals surface area contributed by atoms with Crippen molar-refractivity contribution in [3.8, 4) is 0 Å². The summed E-state index contributed by atoms with van der Waals surface area (Å²) in [6.07, 6.45) is 2.51. The number of ether oxygens (including phenoxy) is 1. The van der Waals surface area contributed by atoms with Crippen molar-refractivity contribution in [2.75, 3.05) is 18.4 Å². The molecular formula is C31H39N3O5. The van der Waals surface area contributed by atoms with Gasteiger partial charge in [-0.1, -0.05) is 45.0 Å². The van der Waals surface area contributed by atoms with Gasteiger partial charge in [0.25, 0.3) is 0 Å². The van der Waals surface area contributed by atoms with Crippen LogP contribution in [0.1, 0.15) is 81.1 Å². The third-order valence-electron chi connectivity index (χ3n) is 7.21. The van der Waals surface area contributed by atoms with Crippen LogP contribution in [0.2, 0.25) is 0 Å². The topological polar surface area (TPSA) is 108 Å². The van der Waals surface area contributed by atoms with Crippen LogP contribution in [-0.4, -0.2) is 52.7 Å². The van der Waals surface area contributed by atoms with Gasteiger partial charge >= 0.3 is 12.1 Å². The third-order valence-corrected chi connectivity index (χ3v) is 7.21. The molecule has 208 valence electrons. The van der Waals surface area contributed by atoms with Crippen LogP contribution in [0, 0.1) is 5.41 Å². The lowest BCUT2D eigenvalue weighted by Gasteiger charge is -2.42. The van der Waals surface area contributed by atoms with E-state index in [2.05, 4.69) is 37.5 Å². The van der Waals surface area contributed by atoms with Crippen LogP contribution < -0.4 is 10.6 Å². The van der Waals surface area contributed by atoms with E-state index in [9.17, 15) is 19.5 Å². The number of benzene rings is 2. The van der Waals surface area contributed by atoms with Crippen molar-refractivity contribution in [1.29, 1.82) is 0 Å². The maximum atomic E-state index is 13.4. The highest BCUT2D eigenvalue weighted by Crippen LogP contribution is 2.39. The summed E-state index contributed by atoms with van der Waals surface area (Å²) in [5.41, 5.74) is 4.49. The lowest BCUT2D eigenvalue weighted by atomic mass is 9.77. The molecule has 0 saturated heterocycles. The third kappa shape index (κ3) is 6.50. The highest BCUT2D eigenvalue weighted by Gasteiger charge is 2.37. The summed E-state index contributed by atoms with van der Waals surface area (Å²) >= 11 is 0. The molecule has 0 aromatic heterocycles. The van der Waals surface area contributed by atoms with Gasteiger partial charge < -0.3 is 25.4 Å². The van der Waals surface area contributed by atoms with E-state index in [1.807, 2.05) is 39.0 Å². The summed E-state index contributed by atoms with van der Waals surface area (Å²) in [5.74, 6) is -0.590. The van der Waals surface area contributed by atoms with Gasteiger partial charge in [-0.15, -0.1) is 0 Å². The average Bonchev–Trinajstić information content (AvgIpc) is 2.86. The highest BCUT2D eigenvalue weighted by atomic mass is 16.6. The number of hydrogen-bond acceptors (Lipinski definition) is 5. The second-order valence-corrected chi connectivity index (χ2v) is 12.3. The van der Waals surface area contributed by atoms with Crippen molar-refractivity contribution >= 4 is 29.2 Å². The molecule has 0 radical (unpaired) electrons. The second kappa shape index (κ2) is 10.8. The zero-order chi connectivity index (χ0) is 28.5. The van der Waals surface area contributed by atoms with E-state index in [1.165, 1.54) is 4.90 Å². The van der Waals surface area contributed by atoms with Crippen molar-refractivity contribution in [2.24, 2.45) is 5.41 Å². The molecule has 2 aromatic rings. The summed E-state index contributed by atoms with van der Waals surface area (Å²) in [6.45, 7) is 12.7. The first-order chi connectivity index (χ1) is 18.2. The number of anilines is 1. The number of esters is 1. The molecule has 0 fully saturated rings. The van der Waals surface area contributed by atoms with Crippen LogP contribution in [0.4, 0.5) is 10.5 Å². The van der Waals surface area contributed by atoms with Crippen LogP contribution in [0.25, 0.3) is 5.57 Å². The summed E-state index contributed by atoms with van der Waals surface area (Å²) in [7, 11) is 0. The molecular weight excluding hydrogens is 494 g/mol. The molecule has 8 heteroatoms. The van der Waals surface area contributed by atoms with Gasteiger partial charge in [-0.2, -0.15) is 0 Å². The highest BCUT2D eigenvalue weighted by molar-refractivity contribution is 5.97. The number of nitrogens with one attached hydrogen (secondary N) is 2. The molecule has 8 nitrogen and oxygen atoms in total. The number of carboxylic acid groups (broad SMARTS) is 1. The van der Waals surface area contributed by atoms with Gasteiger partial charge in [0.1, 0.15) is 11.6 Å². The number of nitrogens with zero attached hydrogens (tertiary/aromatic N) is 1. The van der Waals surface area contributed by atoms with E-state index in [1.54, 1.807) is 24.3 Å². The van der Waals surface area contributed by atoms with Crippen molar-refractivity contribution in [1.82, 2.24) is 10.2 Å². The van der Waals surface area contributed by atoms with Crippen LogP contribution in [-0.2, 0) is 16.0 Å². The van der Waals surface area contributed by atoms with Gasteiger partial charge in [-0.3, -0.25) is 4.79 Å². The summed E-state index contributed by atoms with van der Waals surface area (Å²) in [4.78, 5) is 39.1. The maximum Gasteiger partial charge on any atom is 0.407 e. The molecule has 39 heavy (non-hydrogen) atoms. The zero-order valence-electron chi connectivity index (χ0n) is 23.6. The normalized spacial score (nSPS) is 19.5. The van der Waals surface area contributed by atoms with Gasteiger partial charge in [0.05, 0.1) is 5.56 Å². The Morgan fingerprint density at radius 1 is 1.03 bits per heavy atom. The van der Waals surface area contributed by atoms with E-state index in [0.717, 1.165) is 28.7 Å². The fourth-order valence-corrected chi connectivity index (χ4v) is 5.32. The Kier molecular flexibility index (Phi) is 7.89. The molecule has 3 N–H and O–H groups in total. The van der Waals surface area contributed by atoms with Crippen LogP contribution in [0.3, 0.4) is 0 Å². The number of hydrogen-bond donors (Lipinski definition) is 3. The fourth-order valence-electron chi connectivity index (χ4n) is 5.32. The number of fused-ring (bicyclic) bond motifs is 1. The molecule has 0 aliphatic carbocycles.